The van der Waals surface area contributed by atoms with E-state index in [1.807, 2.05) is 30.3 Å². The Balaban J connectivity index is 1.29. The molecule has 0 radical (unpaired) electrons. The lowest BCUT2D eigenvalue weighted by atomic mass is 10.1. The Hall–Kier alpha value is -2.55. The molecule has 2 N–H and O–H groups in total. The van der Waals surface area contributed by atoms with E-state index >= 15 is 0 Å². The van der Waals surface area contributed by atoms with Gasteiger partial charge in [0.25, 0.3) is 0 Å². The van der Waals surface area contributed by atoms with Crippen molar-refractivity contribution in [2.45, 2.75) is 49.8 Å². The van der Waals surface area contributed by atoms with E-state index in [0.717, 1.165) is 42.6 Å². The fourth-order valence-electron chi connectivity index (χ4n) is 3.44. The van der Waals surface area contributed by atoms with E-state index in [0.29, 0.717) is 12.6 Å². The first-order chi connectivity index (χ1) is 14.2. The molecule has 0 bridgehead atoms. The molecule has 2 aromatic rings. The van der Waals surface area contributed by atoms with Crippen molar-refractivity contribution in [1.29, 1.82) is 0 Å². The first-order valence-electron chi connectivity index (χ1n) is 10.1. The largest absolute Gasteiger partial charge is 0.341 e. The number of hydrogen-bond acceptors (Lipinski definition) is 6. The number of thioether (sulfide) groups is 1. The van der Waals surface area contributed by atoms with Gasteiger partial charge in [-0.1, -0.05) is 42.1 Å². The highest BCUT2D eigenvalue weighted by molar-refractivity contribution is 7.99. The van der Waals surface area contributed by atoms with E-state index < -0.39 is 6.03 Å². The second kappa shape index (κ2) is 9.30. The molecule has 1 aliphatic carbocycles. The molecule has 29 heavy (non-hydrogen) atoms. The molecule has 1 saturated heterocycles. The van der Waals surface area contributed by atoms with Crippen LogP contribution in [0.3, 0.4) is 0 Å². The normalized spacial score (nSPS) is 16.5. The van der Waals surface area contributed by atoms with Crippen molar-refractivity contribution in [3.05, 3.63) is 35.9 Å². The minimum atomic E-state index is -0.489. The van der Waals surface area contributed by atoms with Crippen LogP contribution in [-0.4, -0.2) is 45.5 Å². The van der Waals surface area contributed by atoms with Crippen LogP contribution in [0.2, 0.25) is 0 Å². The van der Waals surface area contributed by atoms with Crippen LogP contribution in [0.4, 0.5) is 10.7 Å². The van der Waals surface area contributed by atoms with E-state index in [9.17, 15) is 9.59 Å². The summed E-state index contributed by atoms with van der Waals surface area (Å²) in [6.07, 6.45) is 5.88. The first kappa shape index (κ1) is 19.8. The van der Waals surface area contributed by atoms with Crippen LogP contribution in [0.5, 0.6) is 0 Å². The molecule has 1 aliphatic heterocycles. The minimum absolute atomic E-state index is 0.129. The summed E-state index contributed by atoms with van der Waals surface area (Å²) in [5.41, 5.74) is 0.979. The summed E-state index contributed by atoms with van der Waals surface area (Å²) < 4.78 is 2.18. The molecule has 2 heterocycles. The van der Waals surface area contributed by atoms with E-state index in [-0.39, 0.29) is 11.7 Å². The number of amides is 3. The minimum Gasteiger partial charge on any atom is -0.341 e. The maximum absolute atomic E-state index is 12.2. The van der Waals surface area contributed by atoms with Crippen LogP contribution in [0.25, 0.3) is 0 Å². The zero-order valence-electron chi connectivity index (χ0n) is 16.3. The van der Waals surface area contributed by atoms with Crippen LogP contribution in [-0.2, 0) is 11.3 Å². The summed E-state index contributed by atoms with van der Waals surface area (Å²) in [6.45, 7) is 2.40. The number of piperidine rings is 1. The molecule has 4 rings (SSSR count). The average molecular weight is 415 g/mol. The van der Waals surface area contributed by atoms with E-state index in [1.54, 1.807) is 0 Å². The van der Waals surface area contributed by atoms with Gasteiger partial charge in [-0.2, -0.15) is 0 Å². The van der Waals surface area contributed by atoms with Crippen LogP contribution < -0.4 is 15.5 Å². The predicted molar refractivity (Wildman–Crippen MR) is 112 cm³/mol. The first-order valence-corrected chi connectivity index (χ1v) is 11.1. The number of aromatic nitrogens is 3. The van der Waals surface area contributed by atoms with Gasteiger partial charge in [-0.15, -0.1) is 10.2 Å². The number of imide groups is 1. The molecule has 8 nitrogen and oxygen atoms in total. The lowest BCUT2D eigenvalue weighted by molar-refractivity contribution is -0.117. The lowest BCUT2D eigenvalue weighted by Gasteiger charge is -2.27. The SMILES string of the molecule is O=C(CSc1nnc(N2CCCCC2)n1C1CC1)NC(=O)NCc1ccccc1. The molecular weight excluding hydrogens is 388 g/mol. The summed E-state index contributed by atoms with van der Waals surface area (Å²) in [5.74, 6) is 0.713. The standard InChI is InChI=1S/C20H26N6O2S/c27-17(22-18(28)21-13-15-7-3-1-4-8-15)14-29-20-24-23-19(26(20)16-9-10-16)25-11-5-2-6-12-25/h1,3-4,7-8,16H,2,5-6,9-14H2,(H2,21,22,27,28). The molecule has 9 heteroatoms. The molecule has 0 unspecified atom stereocenters. The Kier molecular flexibility index (Phi) is 6.33. The topological polar surface area (TPSA) is 92.2 Å². The lowest BCUT2D eigenvalue weighted by Crippen LogP contribution is -2.40. The highest BCUT2D eigenvalue weighted by Crippen LogP contribution is 2.41. The Morgan fingerprint density at radius 2 is 1.83 bits per heavy atom. The second-order valence-corrected chi connectivity index (χ2v) is 8.38. The number of urea groups is 1. The van der Waals surface area contributed by atoms with Gasteiger partial charge < -0.3 is 10.2 Å². The molecular formula is C20H26N6O2S. The van der Waals surface area contributed by atoms with Gasteiger partial charge in [-0.05, 0) is 37.7 Å². The van der Waals surface area contributed by atoms with Gasteiger partial charge in [0.05, 0.1) is 5.75 Å². The maximum atomic E-state index is 12.2. The molecule has 2 fully saturated rings. The van der Waals surface area contributed by atoms with E-state index in [1.165, 1.54) is 31.0 Å². The Morgan fingerprint density at radius 3 is 2.55 bits per heavy atom. The van der Waals surface area contributed by atoms with Crippen LogP contribution in [0.15, 0.2) is 35.5 Å². The van der Waals surface area contributed by atoms with Gasteiger partial charge in [0, 0.05) is 25.7 Å². The smallest absolute Gasteiger partial charge is 0.321 e. The second-order valence-electron chi connectivity index (χ2n) is 7.44. The quantitative estimate of drug-likeness (QED) is 0.677. The molecule has 1 aromatic heterocycles. The summed E-state index contributed by atoms with van der Waals surface area (Å²) in [6, 6.07) is 9.52. The molecule has 0 atom stereocenters. The summed E-state index contributed by atoms with van der Waals surface area (Å²) in [7, 11) is 0. The fraction of sp³-hybridized carbons (Fsp3) is 0.500. The number of nitrogens with one attached hydrogen (secondary N) is 2. The van der Waals surface area contributed by atoms with Gasteiger partial charge in [0.2, 0.25) is 11.9 Å². The van der Waals surface area contributed by atoms with Crippen molar-refractivity contribution in [3.8, 4) is 0 Å². The summed E-state index contributed by atoms with van der Waals surface area (Å²) in [5, 5.41) is 14.6. The van der Waals surface area contributed by atoms with Gasteiger partial charge in [-0.3, -0.25) is 14.7 Å². The number of benzene rings is 1. The monoisotopic (exact) mass is 414 g/mol. The number of nitrogens with zero attached hydrogens (tertiary/aromatic N) is 4. The molecule has 1 aromatic carbocycles. The third-order valence-corrected chi connectivity index (χ3v) is 6.02. The zero-order chi connectivity index (χ0) is 20.1. The van der Waals surface area contributed by atoms with Crippen molar-refractivity contribution in [1.82, 2.24) is 25.4 Å². The number of hydrogen-bond donors (Lipinski definition) is 2. The molecule has 2 aliphatic rings. The number of carbonyl (C=O) groups excluding carboxylic acids is 2. The fourth-order valence-corrected chi connectivity index (χ4v) is 4.25. The van der Waals surface area contributed by atoms with E-state index in [4.69, 9.17) is 0 Å². The van der Waals surface area contributed by atoms with E-state index in [2.05, 4.69) is 30.3 Å². The number of rotatable bonds is 7. The Morgan fingerprint density at radius 1 is 1.07 bits per heavy atom. The highest BCUT2D eigenvalue weighted by Gasteiger charge is 2.32. The Labute approximate surface area is 174 Å². The van der Waals surface area contributed by atoms with Crippen molar-refractivity contribution in [2.24, 2.45) is 0 Å². The average Bonchev–Trinajstić information content (AvgIpc) is 3.51. The van der Waals surface area contributed by atoms with Crippen molar-refractivity contribution < 1.29 is 9.59 Å². The van der Waals surface area contributed by atoms with Gasteiger partial charge in [0.1, 0.15) is 0 Å². The number of anilines is 1. The van der Waals surface area contributed by atoms with Crippen LogP contribution in [0.1, 0.15) is 43.7 Å². The zero-order valence-corrected chi connectivity index (χ0v) is 17.2. The summed E-state index contributed by atoms with van der Waals surface area (Å²) in [4.78, 5) is 26.4. The van der Waals surface area contributed by atoms with Crippen LogP contribution >= 0.6 is 11.8 Å². The highest BCUT2D eigenvalue weighted by atomic mass is 32.2. The molecule has 154 valence electrons. The molecule has 0 spiro atoms. The van der Waals surface area contributed by atoms with Crippen molar-refractivity contribution in [2.75, 3.05) is 23.7 Å². The Bertz CT molecular complexity index is 846. The van der Waals surface area contributed by atoms with Gasteiger partial charge >= 0.3 is 6.03 Å². The van der Waals surface area contributed by atoms with Gasteiger partial charge in [-0.25, -0.2) is 4.79 Å². The molecule has 1 saturated carbocycles. The maximum Gasteiger partial charge on any atom is 0.321 e. The van der Waals surface area contributed by atoms with Crippen molar-refractivity contribution in [3.63, 3.8) is 0 Å². The number of carbonyl (C=O) groups is 2. The predicted octanol–water partition coefficient (Wildman–Crippen LogP) is 2.72. The van der Waals surface area contributed by atoms with Crippen molar-refractivity contribution >= 4 is 29.6 Å². The van der Waals surface area contributed by atoms with Gasteiger partial charge in [0.15, 0.2) is 5.16 Å². The van der Waals surface area contributed by atoms with Crippen LogP contribution in [0, 0.1) is 0 Å². The molecule has 3 amide bonds. The third-order valence-electron chi connectivity index (χ3n) is 5.08. The third kappa shape index (κ3) is 5.29. The summed E-state index contributed by atoms with van der Waals surface area (Å²) >= 11 is 1.34.